The Hall–Kier alpha value is -0.480. The highest BCUT2D eigenvalue weighted by Gasteiger charge is 1.85. The summed E-state index contributed by atoms with van der Waals surface area (Å²) in [5.41, 5.74) is 0. The molecule has 0 atom stereocenters. The maximum atomic E-state index is 9.98. The van der Waals surface area contributed by atoms with Crippen LogP contribution in [0.1, 0.15) is 19.8 Å². The Balaban J connectivity index is 3.29. The second-order valence-corrected chi connectivity index (χ2v) is 1.66. The molecular weight excluding hydrogens is 124 g/mol. The molecule has 0 aliphatic carbocycles. The molecule has 8 heavy (non-hydrogen) atoms. The van der Waals surface area contributed by atoms with Gasteiger partial charge in [0.2, 0.25) is 5.24 Å². The molecule has 44 valence electrons. The van der Waals surface area contributed by atoms with E-state index in [9.17, 15) is 4.79 Å². The van der Waals surface area contributed by atoms with Gasteiger partial charge in [-0.15, -0.1) is 5.92 Å². The van der Waals surface area contributed by atoms with E-state index < -0.39 is 0 Å². The monoisotopic (exact) mass is 130 g/mol. The van der Waals surface area contributed by atoms with Gasteiger partial charge in [0.25, 0.3) is 0 Å². The van der Waals surface area contributed by atoms with Crippen LogP contribution in [0.3, 0.4) is 0 Å². The minimum atomic E-state index is -0.383. The van der Waals surface area contributed by atoms with Crippen molar-refractivity contribution < 1.29 is 4.79 Å². The van der Waals surface area contributed by atoms with Crippen molar-refractivity contribution in [1.82, 2.24) is 0 Å². The van der Waals surface area contributed by atoms with Crippen LogP contribution in [-0.2, 0) is 4.79 Å². The number of rotatable bonds is 1. The molecule has 0 aromatic heterocycles. The van der Waals surface area contributed by atoms with Crippen molar-refractivity contribution in [3.63, 3.8) is 0 Å². The largest absolute Gasteiger partial charge is 0.280 e. The fraction of sp³-hybridized carbons (Fsp3) is 0.500. The van der Waals surface area contributed by atoms with Gasteiger partial charge in [0, 0.05) is 6.42 Å². The van der Waals surface area contributed by atoms with Crippen LogP contribution in [-0.4, -0.2) is 5.24 Å². The molecule has 2 heteroatoms. The highest BCUT2D eigenvalue weighted by molar-refractivity contribution is 6.63. The van der Waals surface area contributed by atoms with Crippen LogP contribution in [0.5, 0.6) is 0 Å². The molecule has 0 aliphatic heterocycles. The maximum Gasteiger partial charge on any atom is 0.233 e. The van der Waals surface area contributed by atoms with Crippen LogP contribution < -0.4 is 0 Å². The lowest BCUT2D eigenvalue weighted by Crippen LogP contribution is -1.79. The van der Waals surface area contributed by atoms with Gasteiger partial charge in [0.05, 0.1) is 6.42 Å². The molecule has 1 nitrogen and oxygen atoms in total. The first-order chi connectivity index (χ1) is 3.77. The lowest BCUT2D eigenvalue weighted by Gasteiger charge is -1.73. The minimum absolute atomic E-state index is 0.176. The summed E-state index contributed by atoms with van der Waals surface area (Å²) in [6.45, 7) is 1.92. The average Bonchev–Trinajstić information content (AvgIpc) is 1.66. The molecule has 0 aliphatic rings. The Morgan fingerprint density at radius 2 is 2.25 bits per heavy atom. The van der Waals surface area contributed by atoms with Crippen molar-refractivity contribution in [2.75, 3.05) is 0 Å². The molecule has 0 fully saturated rings. The molecule has 0 radical (unpaired) electrons. The van der Waals surface area contributed by atoms with Crippen LogP contribution in [0, 0.1) is 11.8 Å². The van der Waals surface area contributed by atoms with Gasteiger partial charge in [0.1, 0.15) is 0 Å². The highest BCUT2D eigenvalue weighted by Crippen LogP contribution is 1.84. The molecule has 0 amide bonds. The molecular formula is C6H7ClO. The Morgan fingerprint density at radius 3 is 2.62 bits per heavy atom. The van der Waals surface area contributed by atoms with Crippen molar-refractivity contribution in [3.8, 4) is 11.8 Å². The van der Waals surface area contributed by atoms with Gasteiger partial charge in [-0.3, -0.25) is 4.79 Å². The molecule has 0 rings (SSSR count). The van der Waals surface area contributed by atoms with Crippen molar-refractivity contribution >= 4 is 16.8 Å². The van der Waals surface area contributed by atoms with E-state index in [1.807, 2.05) is 6.92 Å². The van der Waals surface area contributed by atoms with E-state index in [2.05, 4.69) is 11.8 Å². The quantitative estimate of drug-likeness (QED) is 0.389. The van der Waals surface area contributed by atoms with E-state index in [0.717, 1.165) is 6.42 Å². The van der Waals surface area contributed by atoms with Crippen LogP contribution in [0.25, 0.3) is 0 Å². The summed E-state index contributed by atoms with van der Waals surface area (Å²) in [4.78, 5) is 9.98. The summed E-state index contributed by atoms with van der Waals surface area (Å²) in [7, 11) is 0. The Bertz CT molecular complexity index is 129. The molecule has 0 spiro atoms. The summed E-state index contributed by atoms with van der Waals surface area (Å²) < 4.78 is 0. The van der Waals surface area contributed by atoms with Crippen LogP contribution >= 0.6 is 11.6 Å². The standard InChI is InChI=1S/C6H7ClO/c1-2-3-4-5-6(7)8/h2,5H2,1H3. The van der Waals surface area contributed by atoms with Crippen molar-refractivity contribution in [1.29, 1.82) is 0 Å². The molecule has 0 saturated carbocycles. The molecule has 0 unspecified atom stereocenters. The predicted molar refractivity (Wildman–Crippen MR) is 33.5 cm³/mol. The van der Waals surface area contributed by atoms with E-state index in [1.54, 1.807) is 0 Å². The third-order valence-electron chi connectivity index (χ3n) is 0.529. The van der Waals surface area contributed by atoms with Crippen molar-refractivity contribution in [2.45, 2.75) is 19.8 Å². The summed E-state index contributed by atoms with van der Waals surface area (Å²) in [6.07, 6.45) is 0.958. The fourth-order valence-electron chi connectivity index (χ4n) is 0.257. The first kappa shape index (κ1) is 7.52. The highest BCUT2D eigenvalue weighted by atomic mass is 35.5. The SMILES string of the molecule is CCC#CCC(=O)Cl. The van der Waals surface area contributed by atoms with Gasteiger partial charge in [-0.1, -0.05) is 12.8 Å². The fourth-order valence-corrected chi connectivity index (χ4v) is 0.324. The van der Waals surface area contributed by atoms with Crippen LogP contribution in [0.15, 0.2) is 0 Å². The van der Waals surface area contributed by atoms with E-state index in [4.69, 9.17) is 11.6 Å². The summed E-state index contributed by atoms with van der Waals surface area (Å²) >= 11 is 4.97. The molecule has 0 aromatic rings. The van der Waals surface area contributed by atoms with Gasteiger partial charge in [0.15, 0.2) is 0 Å². The van der Waals surface area contributed by atoms with Crippen LogP contribution in [0.4, 0.5) is 0 Å². The van der Waals surface area contributed by atoms with Crippen LogP contribution in [0.2, 0.25) is 0 Å². The lowest BCUT2D eigenvalue weighted by molar-refractivity contribution is -0.110. The number of halogens is 1. The summed E-state index contributed by atoms with van der Waals surface area (Å²) in [6, 6.07) is 0. The summed E-state index contributed by atoms with van der Waals surface area (Å²) in [5, 5.41) is -0.383. The van der Waals surface area contributed by atoms with Crippen molar-refractivity contribution in [2.24, 2.45) is 0 Å². The molecule has 0 bridgehead atoms. The Kier molecular flexibility index (Phi) is 4.39. The second-order valence-electron chi connectivity index (χ2n) is 1.24. The maximum absolute atomic E-state index is 9.98. The zero-order valence-corrected chi connectivity index (χ0v) is 5.46. The average molecular weight is 131 g/mol. The van der Waals surface area contributed by atoms with Gasteiger partial charge in [-0.05, 0) is 11.6 Å². The van der Waals surface area contributed by atoms with E-state index in [1.165, 1.54) is 0 Å². The molecule has 0 aromatic carbocycles. The van der Waals surface area contributed by atoms with E-state index >= 15 is 0 Å². The normalized spacial score (nSPS) is 7.25. The number of hydrogen-bond donors (Lipinski definition) is 0. The van der Waals surface area contributed by atoms with Gasteiger partial charge in [-0.25, -0.2) is 0 Å². The molecule has 0 saturated heterocycles. The second kappa shape index (κ2) is 4.67. The predicted octanol–water partition coefficient (Wildman–Crippen LogP) is 1.56. The zero-order valence-electron chi connectivity index (χ0n) is 4.70. The molecule has 0 N–H and O–H groups in total. The van der Waals surface area contributed by atoms with Crippen molar-refractivity contribution in [3.05, 3.63) is 0 Å². The molecule has 0 heterocycles. The van der Waals surface area contributed by atoms with Gasteiger partial charge < -0.3 is 0 Å². The number of carbonyl (C=O) groups is 1. The van der Waals surface area contributed by atoms with E-state index in [-0.39, 0.29) is 11.7 Å². The number of carbonyl (C=O) groups excluding carboxylic acids is 1. The third kappa shape index (κ3) is 5.52. The van der Waals surface area contributed by atoms with Gasteiger partial charge in [-0.2, -0.15) is 0 Å². The lowest BCUT2D eigenvalue weighted by atomic mass is 10.4. The number of hydrogen-bond acceptors (Lipinski definition) is 1. The third-order valence-corrected chi connectivity index (χ3v) is 0.663. The zero-order chi connectivity index (χ0) is 6.41. The Labute approximate surface area is 54.0 Å². The summed E-state index contributed by atoms with van der Waals surface area (Å²) in [5.74, 6) is 5.33. The minimum Gasteiger partial charge on any atom is -0.280 e. The smallest absolute Gasteiger partial charge is 0.233 e. The van der Waals surface area contributed by atoms with Gasteiger partial charge >= 0.3 is 0 Å². The first-order valence-corrected chi connectivity index (χ1v) is 2.79. The topological polar surface area (TPSA) is 17.1 Å². The Morgan fingerprint density at radius 1 is 1.62 bits per heavy atom. The van der Waals surface area contributed by atoms with E-state index in [0.29, 0.717) is 0 Å². The first-order valence-electron chi connectivity index (χ1n) is 2.41.